The second kappa shape index (κ2) is 4.13. The molecule has 0 bridgehead atoms. The van der Waals surface area contributed by atoms with Crippen LogP contribution in [0.5, 0.6) is 5.75 Å². The first-order chi connectivity index (χ1) is 8.29. The summed E-state index contributed by atoms with van der Waals surface area (Å²) in [6, 6.07) is 4.26. The number of hydrogen-bond acceptors (Lipinski definition) is 3. The van der Waals surface area contributed by atoms with E-state index in [1.54, 1.807) is 7.11 Å². The molecule has 3 nitrogen and oxygen atoms in total. The molecule has 1 saturated heterocycles. The van der Waals surface area contributed by atoms with E-state index >= 15 is 0 Å². The van der Waals surface area contributed by atoms with E-state index in [0.29, 0.717) is 0 Å². The third-order valence-corrected chi connectivity index (χ3v) is 3.84. The summed E-state index contributed by atoms with van der Waals surface area (Å²) in [7, 11) is 1.69. The Bertz CT molecular complexity index is 420. The smallest absolute Gasteiger partial charge is 0.143 e. The first-order valence-corrected chi connectivity index (χ1v) is 6.52. The standard InChI is InChI=1S/C14H20N2O/c1-17-14-9-13(16-6-2-3-7-16)11(8-12(14)15)10-4-5-10/h8-10H,2-7,15H2,1H3. The quantitative estimate of drug-likeness (QED) is 0.814. The highest BCUT2D eigenvalue weighted by molar-refractivity contribution is 5.68. The van der Waals surface area contributed by atoms with Crippen LogP contribution in [0, 0.1) is 0 Å². The molecule has 0 radical (unpaired) electrons. The molecule has 3 rings (SSSR count). The third-order valence-electron chi connectivity index (χ3n) is 3.84. The lowest BCUT2D eigenvalue weighted by Crippen LogP contribution is -2.19. The van der Waals surface area contributed by atoms with Crippen LogP contribution in [0.4, 0.5) is 11.4 Å². The zero-order valence-corrected chi connectivity index (χ0v) is 10.4. The predicted molar refractivity (Wildman–Crippen MR) is 70.8 cm³/mol. The van der Waals surface area contributed by atoms with Crippen molar-refractivity contribution in [1.29, 1.82) is 0 Å². The van der Waals surface area contributed by atoms with E-state index in [9.17, 15) is 0 Å². The highest BCUT2D eigenvalue weighted by atomic mass is 16.5. The van der Waals surface area contributed by atoms with Crippen molar-refractivity contribution < 1.29 is 4.74 Å². The van der Waals surface area contributed by atoms with Gasteiger partial charge in [-0.2, -0.15) is 0 Å². The molecule has 0 amide bonds. The van der Waals surface area contributed by atoms with Gasteiger partial charge in [0.2, 0.25) is 0 Å². The zero-order chi connectivity index (χ0) is 11.8. The molecule has 2 fully saturated rings. The monoisotopic (exact) mass is 232 g/mol. The van der Waals surface area contributed by atoms with Crippen molar-refractivity contribution in [3.63, 3.8) is 0 Å². The minimum Gasteiger partial charge on any atom is -0.495 e. The maximum absolute atomic E-state index is 6.02. The summed E-state index contributed by atoms with van der Waals surface area (Å²) in [6.45, 7) is 2.35. The van der Waals surface area contributed by atoms with Gasteiger partial charge in [0.25, 0.3) is 0 Å². The molecule has 2 N–H and O–H groups in total. The number of nitrogen functional groups attached to an aromatic ring is 1. The maximum atomic E-state index is 6.02. The van der Waals surface area contributed by atoms with Crippen LogP contribution in [0.25, 0.3) is 0 Å². The lowest BCUT2D eigenvalue weighted by molar-refractivity contribution is 0.417. The van der Waals surface area contributed by atoms with E-state index in [1.807, 2.05) is 0 Å². The van der Waals surface area contributed by atoms with Gasteiger partial charge in [0.1, 0.15) is 5.75 Å². The van der Waals surface area contributed by atoms with Crippen LogP contribution in [0.1, 0.15) is 37.2 Å². The summed E-state index contributed by atoms with van der Waals surface area (Å²) in [5.74, 6) is 1.55. The van der Waals surface area contributed by atoms with Gasteiger partial charge >= 0.3 is 0 Å². The molecule has 1 aromatic rings. The average molecular weight is 232 g/mol. The number of rotatable bonds is 3. The zero-order valence-electron chi connectivity index (χ0n) is 10.4. The van der Waals surface area contributed by atoms with Gasteiger partial charge in [-0.1, -0.05) is 0 Å². The third kappa shape index (κ3) is 1.94. The highest BCUT2D eigenvalue weighted by Gasteiger charge is 2.29. The van der Waals surface area contributed by atoms with E-state index in [0.717, 1.165) is 17.4 Å². The van der Waals surface area contributed by atoms with Crippen LogP contribution in [-0.2, 0) is 0 Å². The van der Waals surface area contributed by atoms with E-state index in [-0.39, 0.29) is 0 Å². The number of benzene rings is 1. The number of ether oxygens (including phenoxy) is 1. The second-order valence-electron chi connectivity index (χ2n) is 5.12. The van der Waals surface area contributed by atoms with Crippen molar-refractivity contribution in [3.05, 3.63) is 17.7 Å². The molecule has 0 spiro atoms. The van der Waals surface area contributed by atoms with Crippen molar-refractivity contribution in [2.75, 3.05) is 30.8 Å². The van der Waals surface area contributed by atoms with Gasteiger partial charge in [0.15, 0.2) is 0 Å². The molecule has 3 heteroatoms. The van der Waals surface area contributed by atoms with Crippen LogP contribution in [0.3, 0.4) is 0 Å². The number of nitrogens with zero attached hydrogens (tertiary/aromatic N) is 1. The topological polar surface area (TPSA) is 38.5 Å². The summed E-state index contributed by atoms with van der Waals surface area (Å²) in [5, 5.41) is 0. The minimum absolute atomic E-state index is 0.735. The first kappa shape index (κ1) is 10.8. The molecule has 1 aliphatic carbocycles. The second-order valence-corrected chi connectivity index (χ2v) is 5.12. The van der Waals surface area contributed by atoms with Gasteiger partial charge < -0.3 is 15.4 Å². The Morgan fingerprint density at radius 2 is 1.94 bits per heavy atom. The molecule has 1 aliphatic heterocycles. The first-order valence-electron chi connectivity index (χ1n) is 6.52. The lowest BCUT2D eigenvalue weighted by Gasteiger charge is -2.23. The van der Waals surface area contributed by atoms with Gasteiger partial charge in [-0.05, 0) is 43.2 Å². The summed E-state index contributed by atoms with van der Waals surface area (Å²) in [6.07, 6.45) is 5.23. The number of anilines is 2. The maximum Gasteiger partial charge on any atom is 0.143 e. The fourth-order valence-electron chi connectivity index (χ4n) is 2.73. The molecule has 1 aromatic carbocycles. The van der Waals surface area contributed by atoms with Gasteiger partial charge in [0, 0.05) is 24.8 Å². The van der Waals surface area contributed by atoms with Crippen molar-refractivity contribution in [1.82, 2.24) is 0 Å². The largest absolute Gasteiger partial charge is 0.495 e. The van der Waals surface area contributed by atoms with Crippen LogP contribution in [-0.4, -0.2) is 20.2 Å². The highest BCUT2D eigenvalue weighted by Crippen LogP contribution is 2.47. The molecule has 92 valence electrons. The Labute approximate surface area is 103 Å². The SMILES string of the molecule is COc1cc(N2CCCC2)c(C2CC2)cc1N. The molecule has 1 saturated carbocycles. The summed E-state index contributed by atoms with van der Waals surface area (Å²) in [4.78, 5) is 2.48. The Hall–Kier alpha value is -1.38. The van der Waals surface area contributed by atoms with Crippen LogP contribution in [0.15, 0.2) is 12.1 Å². The van der Waals surface area contributed by atoms with Gasteiger partial charge in [-0.25, -0.2) is 0 Å². The van der Waals surface area contributed by atoms with Crippen molar-refractivity contribution in [2.45, 2.75) is 31.6 Å². The average Bonchev–Trinajstić information content (AvgIpc) is 3.04. The lowest BCUT2D eigenvalue weighted by atomic mass is 10.1. The summed E-state index contributed by atoms with van der Waals surface area (Å²) in [5.41, 5.74) is 9.59. The number of nitrogens with two attached hydrogens (primary N) is 1. The predicted octanol–water partition coefficient (Wildman–Crippen LogP) is 2.76. The van der Waals surface area contributed by atoms with Crippen LogP contribution in [0.2, 0.25) is 0 Å². The van der Waals surface area contributed by atoms with E-state index in [1.165, 1.54) is 50.0 Å². The van der Waals surface area contributed by atoms with Crippen LogP contribution < -0.4 is 15.4 Å². The van der Waals surface area contributed by atoms with Crippen molar-refractivity contribution in [2.24, 2.45) is 0 Å². The van der Waals surface area contributed by atoms with Crippen molar-refractivity contribution >= 4 is 11.4 Å². The fourth-order valence-corrected chi connectivity index (χ4v) is 2.73. The molecule has 1 heterocycles. The van der Waals surface area contributed by atoms with E-state index in [2.05, 4.69) is 17.0 Å². The molecule has 2 aliphatic rings. The normalized spacial score (nSPS) is 19.7. The number of methoxy groups -OCH3 is 1. The van der Waals surface area contributed by atoms with Gasteiger partial charge in [-0.15, -0.1) is 0 Å². The fraction of sp³-hybridized carbons (Fsp3) is 0.571. The van der Waals surface area contributed by atoms with Crippen molar-refractivity contribution in [3.8, 4) is 5.75 Å². The van der Waals surface area contributed by atoms with E-state index < -0.39 is 0 Å². The molecule has 0 unspecified atom stereocenters. The van der Waals surface area contributed by atoms with Crippen LogP contribution >= 0.6 is 0 Å². The van der Waals surface area contributed by atoms with Gasteiger partial charge in [-0.3, -0.25) is 0 Å². The Morgan fingerprint density at radius 3 is 2.53 bits per heavy atom. The Balaban J connectivity index is 2.02. The Kier molecular flexibility index (Phi) is 2.61. The summed E-state index contributed by atoms with van der Waals surface area (Å²) < 4.78 is 5.35. The summed E-state index contributed by atoms with van der Waals surface area (Å²) >= 11 is 0. The minimum atomic E-state index is 0.735. The number of hydrogen-bond donors (Lipinski definition) is 1. The molecular weight excluding hydrogens is 212 g/mol. The molecule has 0 aromatic heterocycles. The molecule has 17 heavy (non-hydrogen) atoms. The van der Waals surface area contributed by atoms with E-state index in [4.69, 9.17) is 10.5 Å². The Morgan fingerprint density at radius 1 is 1.24 bits per heavy atom. The van der Waals surface area contributed by atoms with Gasteiger partial charge in [0.05, 0.1) is 12.8 Å². The molecular formula is C14H20N2O. The molecule has 0 atom stereocenters.